The highest BCUT2D eigenvalue weighted by Crippen LogP contribution is 2.30. The number of hydrogen-bond acceptors (Lipinski definition) is 5. The Morgan fingerprint density at radius 2 is 2.28 bits per heavy atom. The lowest BCUT2D eigenvalue weighted by Gasteiger charge is -2.33. The van der Waals surface area contributed by atoms with Gasteiger partial charge in [0.1, 0.15) is 6.07 Å². The molecule has 7 heteroatoms. The second-order valence-electron chi connectivity index (χ2n) is 6.36. The van der Waals surface area contributed by atoms with Crippen LogP contribution in [0.1, 0.15) is 44.6 Å². The molecule has 2 rings (SSSR count). The van der Waals surface area contributed by atoms with Crippen LogP contribution in [0.3, 0.4) is 0 Å². The SMILES string of the molecule is CCN(CCO)C(=O)C[C@@H]1CCCC[C@@H]1Nc1ncc(C#N)cc1F. The maximum Gasteiger partial charge on any atom is 0.222 e. The Bertz CT molecular complexity index is 632. The number of anilines is 1. The summed E-state index contributed by atoms with van der Waals surface area (Å²) in [5.41, 5.74) is 0.181. The monoisotopic (exact) mass is 348 g/mol. The Balaban J connectivity index is 2.05. The van der Waals surface area contributed by atoms with Crippen LogP contribution in [0.25, 0.3) is 0 Å². The number of hydrogen-bond donors (Lipinski definition) is 2. The molecule has 0 bridgehead atoms. The molecule has 0 saturated heterocycles. The molecule has 1 fully saturated rings. The summed E-state index contributed by atoms with van der Waals surface area (Å²) < 4.78 is 14.1. The highest BCUT2D eigenvalue weighted by Gasteiger charge is 2.29. The van der Waals surface area contributed by atoms with Gasteiger partial charge in [0.25, 0.3) is 0 Å². The second kappa shape index (κ2) is 9.33. The van der Waals surface area contributed by atoms with E-state index < -0.39 is 5.82 Å². The largest absolute Gasteiger partial charge is 0.395 e. The molecule has 1 aliphatic rings. The zero-order valence-corrected chi connectivity index (χ0v) is 14.5. The van der Waals surface area contributed by atoms with E-state index in [1.165, 1.54) is 12.3 Å². The number of aliphatic hydroxyl groups is 1. The maximum absolute atomic E-state index is 14.1. The first kappa shape index (κ1) is 19.1. The molecule has 25 heavy (non-hydrogen) atoms. The van der Waals surface area contributed by atoms with Crippen LogP contribution in [-0.2, 0) is 4.79 Å². The highest BCUT2D eigenvalue weighted by molar-refractivity contribution is 5.76. The Kier molecular flexibility index (Phi) is 7.14. The standard InChI is InChI=1S/C18H25FN4O2/c1-2-23(7-8-24)17(25)10-14-5-3-4-6-16(14)22-18-15(19)9-13(11-20)12-21-18/h9,12,14,16,24H,2-8,10H2,1H3,(H,21,22)/t14-,16-/m0/s1. The number of likely N-dealkylation sites (N-methyl/N-ethyl adjacent to an activating group) is 1. The van der Waals surface area contributed by atoms with Crippen molar-refractivity contribution in [2.75, 3.05) is 25.0 Å². The summed E-state index contributed by atoms with van der Waals surface area (Å²) in [7, 11) is 0. The Labute approximate surface area is 147 Å². The second-order valence-corrected chi connectivity index (χ2v) is 6.36. The first-order valence-corrected chi connectivity index (χ1v) is 8.79. The summed E-state index contributed by atoms with van der Waals surface area (Å²) in [6.07, 6.45) is 5.54. The van der Waals surface area contributed by atoms with Crippen LogP contribution in [-0.4, -0.2) is 46.6 Å². The minimum Gasteiger partial charge on any atom is -0.395 e. The number of nitriles is 1. The highest BCUT2D eigenvalue weighted by atomic mass is 19.1. The van der Waals surface area contributed by atoms with E-state index in [4.69, 9.17) is 10.4 Å². The average molecular weight is 348 g/mol. The van der Waals surface area contributed by atoms with Crippen molar-refractivity contribution >= 4 is 11.7 Å². The van der Waals surface area contributed by atoms with Gasteiger partial charge >= 0.3 is 0 Å². The fraction of sp³-hybridized carbons (Fsp3) is 0.611. The van der Waals surface area contributed by atoms with Gasteiger partial charge in [-0.25, -0.2) is 9.37 Å². The molecule has 1 amide bonds. The van der Waals surface area contributed by atoms with Crippen LogP contribution in [0, 0.1) is 23.1 Å². The van der Waals surface area contributed by atoms with Crippen LogP contribution in [0.15, 0.2) is 12.3 Å². The fourth-order valence-electron chi connectivity index (χ4n) is 3.36. The third kappa shape index (κ3) is 5.13. The number of aromatic nitrogens is 1. The summed E-state index contributed by atoms with van der Waals surface area (Å²) in [4.78, 5) is 18.1. The van der Waals surface area contributed by atoms with Crippen molar-refractivity contribution in [2.45, 2.75) is 45.1 Å². The third-order valence-electron chi connectivity index (χ3n) is 4.74. The predicted molar refractivity (Wildman–Crippen MR) is 92.2 cm³/mol. The molecule has 1 aromatic rings. The van der Waals surface area contributed by atoms with Crippen molar-refractivity contribution in [1.29, 1.82) is 5.26 Å². The number of halogens is 1. The van der Waals surface area contributed by atoms with Crippen molar-refractivity contribution in [3.8, 4) is 6.07 Å². The van der Waals surface area contributed by atoms with Gasteiger partial charge in [-0.3, -0.25) is 4.79 Å². The molecule has 1 aliphatic carbocycles. The van der Waals surface area contributed by atoms with Crippen molar-refractivity contribution in [3.63, 3.8) is 0 Å². The van der Waals surface area contributed by atoms with E-state index in [-0.39, 0.29) is 35.9 Å². The van der Waals surface area contributed by atoms with Crippen LogP contribution in [0.4, 0.5) is 10.2 Å². The number of pyridine rings is 1. The van der Waals surface area contributed by atoms with Crippen molar-refractivity contribution in [1.82, 2.24) is 9.88 Å². The van der Waals surface area contributed by atoms with Gasteiger partial charge in [-0.1, -0.05) is 12.8 Å². The number of carbonyl (C=O) groups is 1. The predicted octanol–water partition coefficient (Wildman–Crippen LogP) is 2.29. The van der Waals surface area contributed by atoms with Crippen molar-refractivity contribution in [3.05, 3.63) is 23.6 Å². The minimum atomic E-state index is -0.551. The average Bonchev–Trinajstić information content (AvgIpc) is 2.62. The summed E-state index contributed by atoms with van der Waals surface area (Å²) in [6, 6.07) is 3.00. The molecule has 0 aliphatic heterocycles. The zero-order chi connectivity index (χ0) is 18.2. The van der Waals surface area contributed by atoms with Crippen LogP contribution in [0.5, 0.6) is 0 Å². The number of amides is 1. The van der Waals surface area contributed by atoms with E-state index in [2.05, 4.69) is 10.3 Å². The number of carbonyl (C=O) groups excluding carboxylic acids is 1. The van der Waals surface area contributed by atoms with Crippen molar-refractivity contribution in [2.24, 2.45) is 5.92 Å². The van der Waals surface area contributed by atoms with E-state index >= 15 is 0 Å². The third-order valence-corrected chi connectivity index (χ3v) is 4.74. The number of nitrogens with zero attached hydrogens (tertiary/aromatic N) is 3. The maximum atomic E-state index is 14.1. The van der Waals surface area contributed by atoms with E-state index in [0.717, 1.165) is 25.7 Å². The number of nitrogens with one attached hydrogen (secondary N) is 1. The van der Waals surface area contributed by atoms with Gasteiger partial charge in [-0.15, -0.1) is 0 Å². The van der Waals surface area contributed by atoms with E-state index in [1.54, 1.807) is 4.90 Å². The molecule has 0 unspecified atom stereocenters. The van der Waals surface area contributed by atoms with Crippen LogP contribution in [0.2, 0.25) is 0 Å². The molecule has 2 atom stereocenters. The van der Waals surface area contributed by atoms with Gasteiger partial charge in [0.05, 0.1) is 12.2 Å². The van der Waals surface area contributed by atoms with Crippen LogP contribution >= 0.6 is 0 Å². The molecule has 0 aromatic carbocycles. The number of rotatable bonds is 7. The topological polar surface area (TPSA) is 89.2 Å². The van der Waals surface area contributed by atoms with E-state index in [0.29, 0.717) is 19.5 Å². The number of aliphatic hydroxyl groups excluding tert-OH is 1. The molecule has 1 aromatic heterocycles. The molecule has 6 nitrogen and oxygen atoms in total. The fourth-order valence-corrected chi connectivity index (χ4v) is 3.36. The van der Waals surface area contributed by atoms with Gasteiger partial charge in [-0.2, -0.15) is 5.26 Å². The molecular weight excluding hydrogens is 323 g/mol. The Morgan fingerprint density at radius 1 is 1.52 bits per heavy atom. The van der Waals surface area contributed by atoms with Gasteiger partial charge in [-0.05, 0) is 31.7 Å². The Morgan fingerprint density at radius 3 is 2.92 bits per heavy atom. The van der Waals surface area contributed by atoms with Gasteiger partial charge < -0.3 is 15.3 Å². The summed E-state index contributed by atoms with van der Waals surface area (Å²) >= 11 is 0. The first-order valence-electron chi connectivity index (χ1n) is 8.79. The summed E-state index contributed by atoms with van der Waals surface area (Å²) in [6.45, 7) is 2.74. The lowest BCUT2D eigenvalue weighted by atomic mass is 9.82. The Hall–Kier alpha value is -2.20. The molecule has 1 saturated carbocycles. The zero-order valence-electron chi connectivity index (χ0n) is 14.5. The lowest BCUT2D eigenvalue weighted by Crippen LogP contribution is -2.39. The molecular formula is C18H25FN4O2. The van der Waals surface area contributed by atoms with Gasteiger partial charge in [0.2, 0.25) is 5.91 Å². The molecule has 1 heterocycles. The quantitative estimate of drug-likeness (QED) is 0.789. The molecule has 2 N–H and O–H groups in total. The van der Waals surface area contributed by atoms with Crippen LogP contribution < -0.4 is 5.32 Å². The first-order chi connectivity index (χ1) is 12.1. The van der Waals surface area contributed by atoms with Gasteiger partial charge in [0, 0.05) is 31.7 Å². The van der Waals surface area contributed by atoms with E-state index in [9.17, 15) is 9.18 Å². The molecule has 0 radical (unpaired) electrons. The smallest absolute Gasteiger partial charge is 0.222 e. The van der Waals surface area contributed by atoms with Crippen molar-refractivity contribution < 1.29 is 14.3 Å². The minimum absolute atomic E-state index is 0.0171. The van der Waals surface area contributed by atoms with E-state index in [1.807, 2.05) is 13.0 Å². The summed E-state index contributed by atoms with van der Waals surface area (Å²) in [5.74, 6) is -0.300. The summed E-state index contributed by atoms with van der Waals surface area (Å²) in [5, 5.41) is 21.0. The normalized spacial score (nSPS) is 19.9. The molecule has 0 spiro atoms. The molecule has 136 valence electrons. The lowest BCUT2D eigenvalue weighted by molar-refractivity contribution is -0.132. The van der Waals surface area contributed by atoms with Gasteiger partial charge in [0.15, 0.2) is 11.6 Å².